The molecule has 5 heteroatoms. The average Bonchev–Trinajstić information content (AvgIpc) is 2.26. The molecule has 5 nitrogen and oxygen atoms in total. The van der Waals surface area contributed by atoms with Crippen molar-refractivity contribution in [3.05, 3.63) is 0 Å². The van der Waals surface area contributed by atoms with E-state index in [9.17, 15) is 4.79 Å². The molecule has 96 valence electrons. The molecule has 0 fully saturated rings. The fourth-order valence-electron chi connectivity index (χ4n) is 1.28. The van der Waals surface area contributed by atoms with Crippen LogP contribution in [-0.2, 0) is 14.3 Å². The van der Waals surface area contributed by atoms with Gasteiger partial charge < -0.3 is 19.5 Å². The lowest BCUT2D eigenvalue weighted by molar-refractivity contribution is -0.141. The second-order valence-corrected chi connectivity index (χ2v) is 3.74. The van der Waals surface area contributed by atoms with Crippen molar-refractivity contribution in [3.8, 4) is 0 Å². The second-order valence-electron chi connectivity index (χ2n) is 3.74. The number of carboxylic acids is 1. The van der Waals surface area contributed by atoms with Crippen molar-refractivity contribution in [1.29, 1.82) is 0 Å². The largest absolute Gasteiger partial charge is 0.481 e. The molecule has 1 atom stereocenters. The minimum absolute atomic E-state index is 0.334. The van der Waals surface area contributed by atoms with Gasteiger partial charge in [-0.1, -0.05) is 13.8 Å². The van der Waals surface area contributed by atoms with Gasteiger partial charge in [0, 0.05) is 20.2 Å². The molecule has 0 spiro atoms. The van der Waals surface area contributed by atoms with Gasteiger partial charge in [-0.25, -0.2) is 0 Å². The molecule has 0 aliphatic rings. The summed E-state index contributed by atoms with van der Waals surface area (Å²) in [5, 5.41) is 8.79. The minimum atomic E-state index is -0.751. The number of likely N-dealkylation sites (N-methyl/N-ethyl adjacent to an activating group) is 1. The third-order valence-corrected chi connectivity index (χ3v) is 2.38. The van der Waals surface area contributed by atoms with Crippen molar-refractivity contribution in [3.63, 3.8) is 0 Å². The van der Waals surface area contributed by atoms with Crippen molar-refractivity contribution in [2.75, 3.05) is 46.6 Å². The number of rotatable bonds is 10. The van der Waals surface area contributed by atoms with Gasteiger partial charge in [0.1, 0.15) is 0 Å². The third kappa shape index (κ3) is 7.62. The average molecular weight is 233 g/mol. The predicted molar refractivity (Wildman–Crippen MR) is 61.6 cm³/mol. The van der Waals surface area contributed by atoms with Gasteiger partial charge in [-0.3, -0.25) is 4.79 Å². The summed E-state index contributed by atoms with van der Waals surface area (Å²) in [6.07, 6.45) is 0. The van der Waals surface area contributed by atoms with Gasteiger partial charge in [-0.15, -0.1) is 0 Å². The first-order chi connectivity index (χ1) is 7.61. The summed E-state index contributed by atoms with van der Waals surface area (Å²) in [5.41, 5.74) is 0. The highest BCUT2D eigenvalue weighted by Gasteiger charge is 2.14. The first kappa shape index (κ1) is 15.3. The lowest BCUT2D eigenvalue weighted by atomic mass is 10.2. The van der Waals surface area contributed by atoms with E-state index in [2.05, 4.69) is 4.90 Å². The van der Waals surface area contributed by atoms with E-state index in [-0.39, 0.29) is 5.92 Å². The Balaban J connectivity index is 3.62. The molecule has 0 radical (unpaired) electrons. The summed E-state index contributed by atoms with van der Waals surface area (Å²) in [5.74, 6) is -1.09. The smallest absolute Gasteiger partial charge is 0.307 e. The summed E-state index contributed by atoms with van der Waals surface area (Å²) >= 11 is 0. The van der Waals surface area contributed by atoms with Crippen LogP contribution in [0.5, 0.6) is 0 Å². The Morgan fingerprint density at radius 3 is 2.56 bits per heavy atom. The van der Waals surface area contributed by atoms with Crippen molar-refractivity contribution in [2.45, 2.75) is 13.8 Å². The molecule has 1 N–H and O–H groups in total. The number of carbonyl (C=O) groups is 1. The third-order valence-electron chi connectivity index (χ3n) is 2.38. The normalized spacial score (nSPS) is 13.0. The van der Waals surface area contributed by atoms with E-state index in [4.69, 9.17) is 14.6 Å². The molecular weight excluding hydrogens is 210 g/mol. The molecule has 0 rings (SSSR count). The van der Waals surface area contributed by atoms with Crippen LogP contribution in [0.1, 0.15) is 13.8 Å². The molecule has 0 aliphatic carbocycles. The maximum Gasteiger partial charge on any atom is 0.307 e. The predicted octanol–water partition coefficient (Wildman–Crippen LogP) is 0.692. The van der Waals surface area contributed by atoms with Gasteiger partial charge >= 0.3 is 5.97 Å². The SMILES string of the molecule is CCN(CCOCCOC)CC(C)C(=O)O. The quantitative estimate of drug-likeness (QED) is 0.563. The van der Waals surface area contributed by atoms with Crippen LogP contribution < -0.4 is 0 Å². The van der Waals surface area contributed by atoms with Crippen molar-refractivity contribution >= 4 is 5.97 Å². The van der Waals surface area contributed by atoms with Crippen molar-refractivity contribution in [1.82, 2.24) is 4.90 Å². The number of nitrogens with zero attached hydrogens (tertiary/aromatic N) is 1. The molecule has 16 heavy (non-hydrogen) atoms. The summed E-state index contributed by atoms with van der Waals surface area (Å²) in [4.78, 5) is 12.8. The maximum absolute atomic E-state index is 10.7. The van der Waals surface area contributed by atoms with Gasteiger partial charge in [0.05, 0.1) is 25.7 Å². The first-order valence-electron chi connectivity index (χ1n) is 5.63. The van der Waals surface area contributed by atoms with E-state index in [0.717, 1.165) is 13.1 Å². The van der Waals surface area contributed by atoms with Crippen LogP contribution in [0.15, 0.2) is 0 Å². The monoisotopic (exact) mass is 233 g/mol. The van der Waals surface area contributed by atoms with Crippen LogP contribution in [0.25, 0.3) is 0 Å². The van der Waals surface area contributed by atoms with E-state index in [0.29, 0.717) is 26.4 Å². The van der Waals surface area contributed by atoms with Crippen LogP contribution in [0.2, 0.25) is 0 Å². The van der Waals surface area contributed by atoms with Crippen LogP contribution in [0.3, 0.4) is 0 Å². The van der Waals surface area contributed by atoms with Gasteiger partial charge in [0.25, 0.3) is 0 Å². The molecule has 0 aromatic heterocycles. The lowest BCUT2D eigenvalue weighted by Gasteiger charge is -2.22. The number of methoxy groups -OCH3 is 1. The molecule has 0 aromatic carbocycles. The minimum Gasteiger partial charge on any atom is -0.481 e. The second kappa shape index (κ2) is 9.57. The number of aliphatic carboxylic acids is 1. The lowest BCUT2D eigenvalue weighted by Crippen LogP contribution is -2.34. The van der Waals surface area contributed by atoms with E-state index in [1.54, 1.807) is 14.0 Å². The molecule has 0 bridgehead atoms. The summed E-state index contributed by atoms with van der Waals surface area (Å²) in [6.45, 7) is 7.70. The van der Waals surface area contributed by atoms with Crippen LogP contribution >= 0.6 is 0 Å². The summed E-state index contributed by atoms with van der Waals surface area (Å²) in [6, 6.07) is 0. The van der Waals surface area contributed by atoms with Crippen LogP contribution in [0.4, 0.5) is 0 Å². The summed E-state index contributed by atoms with van der Waals surface area (Å²) < 4.78 is 10.2. The molecular formula is C11H23NO4. The Labute approximate surface area is 97.3 Å². The molecule has 0 heterocycles. The van der Waals surface area contributed by atoms with E-state index in [1.165, 1.54) is 0 Å². The zero-order valence-corrected chi connectivity index (χ0v) is 10.4. The highest BCUT2D eigenvalue weighted by molar-refractivity contribution is 5.69. The fraction of sp³-hybridized carbons (Fsp3) is 0.909. The van der Waals surface area contributed by atoms with Gasteiger partial charge in [0.2, 0.25) is 0 Å². The molecule has 0 aromatic rings. The van der Waals surface area contributed by atoms with Crippen molar-refractivity contribution < 1.29 is 19.4 Å². The van der Waals surface area contributed by atoms with E-state index < -0.39 is 5.97 Å². The highest BCUT2D eigenvalue weighted by Crippen LogP contribution is 1.99. The summed E-state index contributed by atoms with van der Waals surface area (Å²) in [7, 11) is 1.64. The van der Waals surface area contributed by atoms with Gasteiger partial charge in [0.15, 0.2) is 0 Å². The topological polar surface area (TPSA) is 59.0 Å². The number of hydrogen-bond donors (Lipinski definition) is 1. The number of carboxylic acid groups (broad SMARTS) is 1. The first-order valence-corrected chi connectivity index (χ1v) is 5.63. The highest BCUT2D eigenvalue weighted by atomic mass is 16.5. The Morgan fingerprint density at radius 2 is 2.06 bits per heavy atom. The molecule has 0 saturated carbocycles. The van der Waals surface area contributed by atoms with E-state index in [1.807, 2.05) is 6.92 Å². The zero-order chi connectivity index (χ0) is 12.4. The van der Waals surface area contributed by atoms with Crippen molar-refractivity contribution in [2.24, 2.45) is 5.92 Å². The Hall–Kier alpha value is -0.650. The molecule has 0 saturated heterocycles. The fourth-order valence-corrected chi connectivity index (χ4v) is 1.28. The van der Waals surface area contributed by atoms with E-state index >= 15 is 0 Å². The van der Waals surface area contributed by atoms with Crippen LogP contribution in [-0.4, -0.2) is 62.5 Å². The van der Waals surface area contributed by atoms with Gasteiger partial charge in [-0.05, 0) is 6.54 Å². The Kier molecular flexibility index (Phi) is 9.18. The zero-order valence-electron chi connectivity index (χ0n) is 10.4. The van der Waals surface area contributed by atoms with Gasteiger partial charge in [-0.2, -0.15) is 0 Å². The maximum atomic E-state index is 10.7. The Morgan fingerprint density at radius 1 is 1.38 bits per heavy atom. The van der Waals surface area contributed by atoms with Crippen LogP contribution in [0, 0.1) is 5.92 Å². The molecule has 1 unspecified atom stereocenters. The molecule has 0 aliphatic heterocycles. The molecule has 0 amide bonds. The number of hydrogen-bond acceptors (Lipinski definition) is 4. The number of ether oxygens (including phenoxy) is 2. The Bertz CT molecular complexity index is 187. The standard InChI is InChI=1S/C11H23NO4/c1-4-12(9-10(2)11(13)14)5-6-16-8-7-15-3/h10H,4-9H2,1-3H3,(H,13,14).